The van der Waals surface area contributed by atoms with Gasteiger partial charge in [0.25, 0.3) is 0 Å². The molecule has 3 aromatic rings. The summed E-state index contributed by atoms with van der Waals surface area (Å²) in [5.41, 5.74) is 2.92. The van der Waals surface area contributed by atoms with Crippen molar-refractivity contribution in [2.45, 2.75) is 19.9 Å². The quantitative estimate of drug-likeness (QED) is 0.786. The van der Waals surface area contributed by atoms with E-state index in [-0.39, 0.29) is 5.69 Å². The minimum absolute atomic E-state index is 0.0283. The van der Waals surface area contributed by atoms with Crippen molar-refractivity contribution in [2.24, 2.45) is 0 Å². The molecule has 0 saturated carbocycles. The van der Waals surface area contributed by atoms with Crippen molar-refractivity contribution in [1.82, 2.24) is 15.0 Å². The zero-order valence-corrected chi connectivity index (χ0v) is 12.9. The van der Waals surface area contributed by atoms with Crippen molar-refractivity contribution < 1.29 is 9.90 Å². The van der Waals surface area contributed by atoms with E-state index in [2.05, 4.69) is 10.3 Å². The third-order valence-corrected chi connectivity index (χ3v) is 4.29. The van der Waals surface area contributed by atoms with Gasteiger partial charge in [0.05, 0.1) is 12.2 Å². The fraction of sp³-hybridized carbons (Fsp3) is 0.188. The predicted molar refractivity (Wildman–Crippen MR) is 84.4 cm³/mol. The lowest BCUT2D eigenvalue weighted by atomic mass is 10.1. The average Bonchev–Trinajstić information content (AvgIpc) is 3.13. The number of carbonyl (C=O) groups is 1. The van der Waals surface area contributed by atoms with E-state index in [1.807, 2.05) is 48.7 Å². The molecule has 6 heteroatoms. The van der Waals surface area contributed by atoms with Gasteiger partial charge in [0.2, 0.25) is 0 Å². The molecule has 0 saturated heterocycles. The van der Waals surface area contributed by atoms with Gasteiger partial charge >= 0.3 is 5.97 Å². The molecule has 0 fully saturated rings. The molecular formula is C16H15N3O2S. The van der Waals surface area contributed by atoms with E-state index in [9.17, 15) is 9.90 Å². The van der Waals surface area contributed by atoms with Crippen molar-refractivity contribution >= 4 is 17.3 Å². The van der Waals surface area contributed by atoms with Crippen LogP contribution >= 0.6 is 11.3 Å². The van der Waals surface area contributed by atoms with Gasteiger partial charge in [-0.1, -0.05) is 41.1 Å². The number of rotatable bonds is 5. The summed E-state index contributed by atoms with van der Waals surface area (Å²) < 4.78 is 1.67. The SMILES string of the molecule is Cc1ccc(Cn2nnc(C(=O)O)c2Cc2cccs2)cc1. The van der Waals surface area contributed by atoms with E-state index in [4.69, 9.17) is 0 Å². The minimum Gasteiger partial charge on any atom is -0.476 e. The highest BCUT2D eigenvalue weighted by atomic mass is 32.1. The number of aryl methyl sites for hydroxylation is 1. The van der Waals surface area contributed by atoms with Gasteiger partial charge < -0.3 is 5.11 Å². The van der Waals surface area contributed by atoms with Gasteiger partial charge in [-0.05, 0) is 23.9 Å². The Balaban J connectivity index is 1.93. The van der Waals surface area contributed by atoms with Crippen molar-refractivity contribution in [2.75, 3.05) is 0 Å². The smallest absolute Gasteiger partial charge is 0.358 e. The number of carboxylic acids is 1. The molecule has 0 bridgehead atoms. The summed E-state index contributed by atoms with van der Waals surface area (Å²) in [4.78, 5) is 12.4. The second-order valence-electron chi connectivity index (χ2n) is 5.09. The summed E-state index contributed by atoms with van der Waals surface area (Å²) in [5.74, 6) is -1.04. The summed E-state index contributed by atoms with van der Waals surface area (Å²) in [6.45, 7) is 2.55. The van der Waals surface area contributed by atoms with Crippen LogP contribution in [0, 0.1) is 6.92 Å². The normalized spacial score (nSPS) is 10.8. The second kappa shape index (κ2) is 6.11. The van der Waals surface area contributed by atoms with E-state index in [0.29, 0.717) is 18.7 Å². The average molecular weight is 313 g/mol. The molecule has 0 aliphatic heterocycles. The first-order valence-electron chi connectivity index (χ1n) is 6.87. The Bertz CT molecular complexity index is 776. The molecule has 1 N–H and O–H groups in total. The van der Waals surface area contributed by atoms with Crippen LogP contribution in [0.25, 0.3) is 0 Å². The van der Waals surface area contributed by atoms with Gasteiger partial charge in [-0.3, -0.25) is 0 Å². The number of nitrogens with zero attached hydrogens (tertiary/aromatic N) is 3. The lowest BCUT2D eigenvalue weighted by Crippen LogP contribution is -2.09. The highest BCUT2D eigenvalue weighted by Gasteiger charge is 2.19. The van der Waals surface area contributed by atoms with Gasteiger partial charge in [-0.25, -0.2) is 9.48 Å². The van der Waals surface area contributed by atoms with E-state index in [1.165, 1.54) is 5.56 Å². The maximum absolute atomic E-state index is 11.3. The number of aromatic nitrogens is 3. The van der Waals surface area contributed by atoms with Crippen molar-refractivity contribution in [1.29, 1.82) is 0 Å². The summed E-state index contributed by atoms with van der Waals surface area (Å²) in [6.07, 6.45) is 0.526. The third-order valence-electron chi connectivity index (χ3n) is 3.41. The Morgan fingerprint density at radius 3 is 2.68 bits per heavy atom. The van der Waals surface area contributed by atoms with Gasteiger partial charge in [0.1, 0.15) is 0 Å². The first-order chi connectivity index (χ1) is 10.6. The maximum Gasteiger partial charge on any atom is 0.358 e. The molecule has 0 aliphatic carbocycles. The molecule has 2 heterocycles. The van der Waals surface area contributed by atoms with Crippen LogP contribution in [0.4, 0.5) is 0 Å². The Kier molecular flexibility index (Phi) is 4.02. The molecule has 112 valence electrons. The first-order valence-corrected chi connectivity index (χ1v) is 7.75. The standard InChI is InChI=1S/C16H15N3O2S/c1-11-4-6-12(7-5-11)10-19-14(9-13-3-2-8-22-13)15(16(20)21)17-18-19/h2-8H,9-10H2,1H3,(H,20,21). The Hall–Kier alpha value is -2.47. The highest BCUT2D eigenvalue weighted by Crippen LogP contribution is 2.18. The Labute approximate surface area is 131 Å². The van der Waals surface area contributed by atoms with Crippen molar-refractivity contribution in [3.05, 3.63) is 69.2 Å². The van der Waals surface area contributed by atoms with Gasteiger partial charge in [-0.2, -0.15) is 0 Å². The topological polar surface area (TPSA) is 68.0 Å². The number of benzene rings is 1. The van der Waals surface area contributed by atoms with Crippen LogP contribution in [0.5, 0.6) is 0 Å². The van der Waals surface area contributed by atoms with Crippen LogP contribution in [0.15, 0.2) is 41.8 Å². The minimum atomic E-state index is -1.04. The van der Waals surface area contributed by atoms with E-state index in [0.717, 1.165) is 10.4 Å². The molecule has 5 nitrogen and oxygen atoms in total. The van der Waals surface area contributed by atoms with Crippen LogP contribution in [-0.4, -0.2) is 26.1 Å². The predicted octanol–water partition coefficient (Wildman–Crippen LogP) is 2.99. The lowest BCUT2D eigenvalue weighted by molar-refractivity contribution is 0.0689. The van der Waals surface area contributed by atoms with Crippen LogP contribution in [0.3, 0.4) is 0 Å². The van der Waals surface area contributed by atoms with Crippen LogP contribution in [0.2, 0.25) is 0 Å². The van der Waals surface area contributed by atoms with Crippen LogP contribution in [-0.2, 0) is 13.0 Å². The van der Waals surface area contributed by atoms with Crippen LogP contribution in [0.1, 0.15) is 32.2 Å². The molecule has 3 rings (SSSR count). The molecule has 0 radical (unpaired) electrons. The number of aromatic carboxylic acids is 1. The monoisotopic (exact) mass is 313 g/mol. The lowest BCUT2D eigenvalue weighted by Gasteiger charge is -2.07. The molecule has 22 heavy (non-hydrogen) atoms. The third kappa shape index (κ3) is 3.07. The molecule has 0 amide bonds. The first kappa shape index (κ1) is 14.5. The van der Waals surface area contributed by atoms with Crippen molar-refractivity contribution in [3.8, 4) is 0 Å². The Morgan fingerprint density at radius 1 is 1.27 bits per heavy atom. The molecule has 2 aromatic heterocycles. The van der Waals surface area contributed by atoms with Gasteiger partial charge in [-0.15, -0.1) is 16.4 Å². The second-order valence-corrected chi connectivity index (χ2v) is 6.12. The fourth-order valence-electron chi connectivity index (χ4n) is 2.25. The van der Waals surface area contributed by atoms with Crippen LogP contribution < -0.4 is 0 Å². The number of hydrogen-bond acceptors (Lipinski definition) is 4. The summed E-state index contributed by atoms with van der Waals surface area (Å²) in [6, 6.07) is 12.0. The zero-order valence-electron chi connectivity index (χ0n) is 12.1. The molecule has 0 atom stereocenters. The molecule has 0 aliphatic rings. The van der Waals surface area contributed by atoms with Gasteiger partial charge in [0, 0.05) is 11.3 Å². The molecular weight excluding hydrogens is 298 g/mol. The van der Waals surface area contributed by atoms with E-state index in [1.54, 1.807) is 16.0 Å². The largest absolute Gasteiger partial charge is 0.476 e. The molecule has 1 aromatic carbocycles. The number of carboxylic acid groups (broad SMARTS) is 1. The molecule has 0 spiro atoms. The number of thiophene rings is 1. The molecule has 0 unspecified atom stereocenters. The van der Waals surface area contributed by atoms with Gasteiger partial charge in [0.15, 0.2) is 5.69 Å². The maximum atomic E-state index is 11.3. The number of hydrogen-bond donors (Lipinski definition) is 1. The fourth-order valence-corrected chi connectivity index (χ4v) is 2.95. The van der Waals surface area contributed by atoms with E-state index < -0.39 is 5.97 Å². The summed E-state index contributed by atoms with van der Waals surface area (Å²) in [5, 5.41) is 19.1. The zero-order chi connectivity index (χ0) is 15.5. The summed E-state index contributed by atoms with van der Waals surface area (Å²) >= 11 is 1.60. The van der Waals surface area contributed by atoms with Crippen molar-refractivity contribution in [3.63, 3.8) is 0 Å². The van der Waals surface area contributed by atoms with E-state index >= 15 is 0 Å². The summed E-state index contributed by atoms with van der Waals surface area (Å²) in [7, 11) is 0. The highest BCUT2D eigenvalue weighted by molar-refractivity contribution is 7.09. The Morgan fingerprint density at radius 2 is 2.05 bits per heavy atom.